The number of nitro groups is 1. The Balaban J connectivity index is 1.38. The molecule has 0 aliphatic carbocycles. The average molecular weight is 651 g/mol. The normalized spacial score (nSPS) is 11.7. The van der Waals surface area contributed by atoms with E-state index in [9.17, 15) is 24.5 Å². The number of hydrogen-bond acceptors (Lipinski definition) is 9. The molecule has 3 amide bonds. The fraction of sp³-hybridized carbons (Fsp3) is 0.0606. The van der Waals surface area contributed by atoms with Crippen molar-refractivity contribution in [3.8, 4) is 0 Å². The quantitative estimate of drug-likeness (QED) is 0.0622. The molecule has 0 aliphatic heterocycles. The van der Waals surface area contributed by atoms with Crippen molar-refractivity contribution in [1.29, 1.82) is 0 Å². The van der Waals surface area contributed by atoms with E-state index in [1.807, 2.05) is 36.4 Å². The summed E-state index contributed by atoms with van der Waals surface area (Å²) in [5.74, 6) is -1.40. The van der Waals surface area contributed by atoms with Crippen molar-refractivity contribution in [1.82, 2.24) is 15.5 Å². The molecule has 46 heavy (non-hydrogen) atoms. The third kappa shape index (κ3) is 8.49. The van der Waals surface area contributed by atoms with Gasteiger partial charge in [-0.25, -0.2) is 0 Å². The van der Waals surface area contributed by atoms with E-state index in [1.54, 1.807) is 55.5 Å². The van der Waals surface area contributed by atoms with E-state index in [4.69, 9.17) is 0 Å². The molecule has 5 rings (SSSR count). The highest BCUT2D eigenvalue weighted by Gasteiger charge is 2.24. The first-order chi connectivity index (χ1) is 22.2. The van der Waals surface area contributed by atoms with Gasteiger partial charge in [0.25, 0.3) is 17.5 Å². The summed E-state index contributed by atoms with van der Waals surface area (Å²) >= 11 is 2.57. The largest absolute Gasteiger partial charge is 0.321 e. The Bertz CT molecular complexity index is 1900. The van der Waals surface area contributed by atoms with Crippen LogP contribution < -0.4 is 16.0 Å². The van der Waals surface area contributed by atoms with E-state index in [0.29, 0.717) is 26.8 Å². The Labute approximate surface area is 271 Å². The molecule has 1 atom stereocenters. The lowest BCUT2D eigenvalue weighted by atomic mass is 10.1. The van der Waals surface area contributed by atoms with Crippen molar-refractivity contribution in [2.45, 2.75) is 17.1 Å². The summed E-state index contributed by atoms with van der Waals surface area (Å²) in [5.41, 5.74) is 1.83. The maximum Gasteiger partial charge on any atom is 0.272 e. The van der Waals surface area contributed by atoms with E-state index in [-0.39, 0.29) is 17.3 Å². The van der Waals surface area contributed by atoms with Gasteiger partial charge in [0.05, 0.1) is 4.92 Å². The first kappa shape index (κ1) is 31.8. The number of carbonyl (C=O) groups is 3. The lowest BCUT2D eigenvalue weighted by Crippen LogP contribution is -2.30. The molecule has 1 aromatic heterocycles. The molecule has 0 spiro atoms. The number of amides is 3. The Morgan fingerprint density at radius 3 is 2.22 bits per heavy atom. The molecule has 0 saturated carbocycles. The van der Waals surface area contributed by atoms with Gasteiger partial charge >= 0.3 is 0 Å². The molecule has 0 fully saturated rings. The standard InChI is InChI=1S/C33H26N6O5S2/c1-21-37-38-33(45-21)36-32(42)29(23-9-4-2-5-10-23)46-27-14-8-13-25(20-27)34-31(41)28(35-30(40)24-11-6-3-7-12-24)19-22-15-17-26(18-16-22)39(43)44/h2-20,29H,1H3,(H,34,41)(H,35,40)(H,36,38,42)/b28-19+. The molecule has 1 unspecified atom stereocenters. The minimum Gasteiger partial charge on any atom is -0.321 e. The minimum absolute atomic E-state index is 0.0744. The molecular formula is C33H26N6O5S2. The summed E-state index contributed by atoms with van der Waals surface area (Å²) in [5, 5.41) is 27.8. The van der Waals surface area contributed by atoms with Gasteiger partial charge in [-0.3, -0.25) is 29.8 Å². The molecule has 230 valence electrons. The third-order valence-electron chi connectivity index (χ3n) is 6.39. The van der Waals surface area contributed by atoms with Crippen LogP contribution in [0.1, 0.15) is 31.7 Å². The number of nitrogens with zero attached hydrogens (tertiary/aromatic N) is 3. The van der Waals surface area contributed by atoms with Crippen LogP contribution in [0.4, 0.5) is 16.5 Å². The Morgan fingerprint density at radius 2 is 1.57 bits per heavy atom. The fourth-order valence-electron chi connectivity index (χ4n) is 4.20. The van der Waals surface area contributed by atoms with E-state index in [0.717, 1.165) is 10.6 Å². The van der Waals surface area contributed by atoms with Gasteiger partial charge < -0.3 is 10.6 Å². The average Bonchev–Trinajstić information content (AvgIpc) is 3.48. The highest BCUT2D eigenvalue weighted by atomic mass is 32.2. The van der Waals surface area contributed by atoms with Crippen LogP contribution in [0, 0.1) is 17.0 Å². The first-order valence-corrected chi connectivity index (χ1v) is 15.5. The second-order valence-corrected chi connectivity index (χ2v) is 12.1. The van der Waals surface area contributed by atoms with Crippen molar-refractivity contribution < 1.29 is 19.3 Å². The molecule has 5 aromatic rings. The molecular weight excluding hydrogens is 625 g/mol. The molecule has 13 heteroatoms. The summed E-state index contributed by atoms with van der Waals surface area (Å²) in [6.07, 6.45) is 1.43. The number of aryl methyl sites for hydroxylation is 1. The molecule has 4 aromatic carbocycles. The Hall–Kier alpha value is -5.66. The topological polar surface area (TPSA) is 156 Å². The van der Waals surface area contributed by atoms with Crippen LogP contribution in [0.3, 0.4) is 0 Å². The molecule has 0 bridgehead atoms. The van der Waals surface area contributed by atoms with Gasteiger partial charge in [-0.15, -0.1) is 22.0 Å². The van der Waals surface area contributed by atoms with Crippen molar-refractivity contribution in [3.63, 3.8) is 0 Å². The predicted octanol–water partition coefficient (Wildman–Crippen LogP) is 6.64. The smallest absolute Gasteiger partial charge is 0.272 e. The highest BCUT2D eigenvalue weighted by Crippen LogP contribution is 2.37. The van der Waals surface area contributed by atoms with Crippen molar-refractivity contribution in [2.24, 2.45) is 0 Å². The van der Waals surface area contributed by atoms with Gasteiger partial charge in [-0.05, 0) is 66.6 Å². The van der Waals surface area contributed by atoms with Gasteiger partial charge in [0, 0.05) is 28.3 Å². The number of anilines is 2. The number of aromatic nitrogens is 2. The molecule has 11 nitrogen and oxygen atoms in total. The van der Waals surface area contributed by atoms with E-state index < -0.39 is 22.0 Å². The van der Waals surface area contributed by atoms with Gasteiger partial charge in [0.1, 0.15) is 16.0 Å². The summed E-state index contributed by atoms with van der Waals surface area (Å²) in [4.78, 5) is 51.2. The number of benzene rings is 4. The summed E-state index contributed by atoms with van der Waals surface area (Å²) < 4.78 is 0. The van der Waals surface area contributed by atoms with Crippen LogP contribution >= 0.6 is 23.1 Å². The minimum atomic E-state index is -0.640. The lowest BCUT2D eigenvalue weighted by Gasteiger charge is -2.17. The van der Waals surface area contributed by atoms with Crippen LogP contribution in [0.2, 0.25) is 0 Å². The van der Waals surface area contributed by atoms with Crippen LogP contribution in [0.5, 0.6) is 0 Å². The first-order valence-electron chi connectivity index (χ1n) is 13.8. The van der Waals surface area contributed by atoms with Crippen molar-refractivity contribution >= 4 is 63.4 Å². The molecule has 3 N–H and O–H groups in total. The molecule has 0 aliphatic rings. The fourth-order valence-corrected chi connectivity index (χ4v) is 5.88. The zero-order chi connectivity index (χ0) is 32.5. The summed E-state index contributed by atoms with van der Waals surface area (Å²) in [7, 11) is 0. The number of nitrogens with one attached hydrogen (secondary N) is 3. The number of carbonyl (C=O) groups excluding carboxylic acids is 3. The second-order valence-electron chi connectivity index (χ2n) is 9.73. The van der Waals surface area contributed by atoms with Crippen LogP contribution in [-0.4, -0.2) is 32.8 Å². The summed E-state index contributed by atoms with van der Waals surface area (Å²) in [6, 6.07) is 30.3. The van der Waals surface area contributed by atoms with Crippen LogP contribution in [-0.2, 0) is 9.59 Å². The summed E-state index contributed by atoms with van der Waals surface area (Å²) in [6.45, 7) is 1.80. The van der Waals surface area contributed by atoms with E-state index in [2.05, 4.69) is 26.1 Å². The number of rotatable bonds is 11. The van der Waals surface area contributed by atoms with Crippen molar-refractivity contribution in [2.75, 3.05) is 10.6 Å². The molecule has 1 heterocycles. The van der Waals surface area contributed by atoms with E-state index in [1.165, 1.54) is 53.4 Å². The van der Waals surface area contributed by atoms with Gasteiger partial charge in [0.15, 0.2) is 0 Å². The zero-order valence-corrected chi connectivity index (χ0v) is 25.9. The monoisotopic (exact) mass is 650 g/mol. The number of hydrogen-bond donors (Lipinski definition) is 3. The van der Waals surface area contributed by atoms with Crippen molar-refractivity contribution in [3.05, 3.63) is 147 Å². The number of nitro benzene ring substituents is 1. The van der Waals surface area contributed by atoms with Gasteiger partial charge in [0.2, 0.25) is 11.0 Å². The second kappa shape index (κ2) is 14.9. The lowest BCUT2D eigenvalue weighted by molar-refractivity contribution is -0.384. The molecule has 0 saturated heterocycles. The highest BCUT2D eigenvalue weighted by molar-refractivity contribution is 8.00. The number of thioether (sulfide) groups is 1. The third-order valence-corrected chi connectivity index (χ3v) is 8.39. The molecule has 0 radical (unpaired) electrons. The Morgan fingerprint density at radius 1 is 0.870 bits per heavy atom. The van der Waals surface area contributed by atoms with Crippen LogP contribution in [0.25, 0.3) is 6.08 Å². The Kier molecular flexibility index (Phi) is 10.3. The van der Waals surface area contributed by atoms with Crippen LogP contribution in [0.15, 0.2) is 120 Å². The van der Waals surface area contributed by atoms with Gasteiger partial charge in [-0.2, -0.15) is 0 Å². The number of non-ortho nitro benzene ring substituents is 1. The zero-order valence-electron chi connectivity index (χ0n) is 24.2. The maximum absolute atomic E-state index is 13.5. The maximum atomic E-state index is 13.5. The SMILES string of the molecule is Cc1nnc(NC(=O)C(Sc2cccc(NC(=O)/C(=C\c3ccc([N+](=O)[O-])cc3)NC(=O)c3ccccc3)c2)c2ccccc2)s1. The predicted molar refractivity (Wildman–Crippen MR) is 178 cm³/mol. The van der Waals surface area contributed by atoms with E-state index >= 15 is 0 Å². The van der Waals surface area contributed by atoms with Gasteiger partial charge in [-0.1, -0.05) is 65.9 Å².